The molecule has 0 radical (unpaired) electrons. The van der Waals surface area contributed by atoms with Crippen LogP contribution in [-0.2, 0) is 4.74 Å². The number of hydrogen-bond acceptors (Lipinski definition) is 4. The van der Waals surface area contributed by atoms with Crippen LogP contribution >= 0.6 is 0 Å². The lowest BCUT2D eigenvalue weighted by atomic mass is 9.86. The molecule has 0 aliphatic carbocycles. The lowest BCUT2D eigenvalue weighted by Gasteiger charge is -2.46. The van der Waals surface area contributed by atoms with Crippen molar-refractivity contribution in [1.29, 1.82) is 0 Å². The molecule has 0 aromatic carbocycles. The second-order valence-corrected chi connectivity index (χ2v) is 4.67. The van der Waals surface area contributed by atoms with Gasteiger partial charge in [0.05, 0.1) is 25.2 Å². The third kappa shape index (κ3) is 1.93. The quantitative estimate of drug-likeness (QED) is 0.632. The fraction of sp³-hybridized carbons (Fsp3) is 1.00. The van der Waals surface area contributed by atoms with E-state index >= 15 is 0 Å². The van der Waals surface area contributed by atoms with Gasteiger partial charge in [0, 0.05) is 32.2 Å². The lowest BCUT2D eigenvalue weighted by molar-refractivity contribution is -0.152. The molecule has 1 atom stereocenters. The van der Waals surface area contributed by atoms with Gasteiger partial charge in [-0.15, -0.1) is 0 Å². The number of hydrogen-bond donors (Lipinski definition) is 2. The van der Waals surface area contributed by atoms with Gasteiger partial charge in [0.2, 0.25) is 0 Å². The average Bonchev–Trinajstić information content (AvgIpc) is 2.14. The first kappa shape index (κ1) is 10.4. The van der Waals surface area contributed by atoms with Crippen molar-refractivity contribution < 1.29 is 9.84 Å². The van der Waals surface area contributed by atoms with Gasteiger partial charge in [0.1, 0.15) is 0 Å². The van der Waals surface area contributed by atoms with Crippen molar-refractivity contribution in [3.63, 3.8) is 0 Å². The zero-order valence-electron chi connectivity index (χ0n) is 8.83. The van der Waals surface area contributed by atoms with Crippen LogP contribution in [0, 0.1) is 5.41 Å². The fourth-order valence-electron chi connectivity index (χ4n) is 2.17. The van der Waals surface area contributed by atoms with Crippen LogP contribution in [0.15, 0.2) is 0 Å². The zero-order valence-corrected chi connectivity index (χ0v) is 8.83. The number of piperazine rings is 1. The molecule has 0 aromatic rings. The first-order valence-corrected chi connectivity index (χ1v) is 5.39. The van der Waals surface area contributed by atoms with E-state index in [-0.39, 0.29) is 12.0 Å². The SMILES string of the molecule is CC1CNCCN1CC1(CO)COC1. The lowest BCUT2D eigenvalue weighted by Crippen LogP contribution is -2.59. The summed E-state index contributed by atoms with van der Waals surface area (Å²) >= 11 is 0. The number of rotatable bonds is 3. The molecule has 2 heterocycles. The molecule has 0 amide bonds. The van der Waals surface area contributed by atoms with E-state index in [1.165, 1.54) is 0 Å². The highest BCUT2D eigenvalue weighted by molar-refractivity contribution is 4.90. The first-order chi connectivity index (χ1) is 6.76. The largest absolute Gasteiger partial charge is 0.396 e. The third-order valence-electron chi connectivity index (χ3n) is 3.33. The highest BCUT2D eigenvalue weighted by atomic mass is 16.5. The van der Waals surface area contributed by atoms with Crippen LogP contribution in [0.1, 0.15) is 6.92 Å². The number of ether oxygens (including phenoxy) is 1. The summed E-state index contributed by atoms with van der Waals surface area (Å²) in [5, 5.41) is 12.7. The molecule has 2 saturated heterocycles. The Balaban J connectivity index is 1.88. The van der Waals surface area contributed by atoms with Gasteiger partial charge < -0.3 is 15.2 Å². The summed E-state index contributed by atoms with van der Waals surface area (Å²) in [5.41, 5.74) is 0.0333. The van der Waals surface area contributed by atoms with Crippen LogP contribution in [0.2, 0.25) is 0 Å². The van der Waals surface area contributed by atoms with Gasteiger partial charge >= 0.3 is 0 Å². The van der Waals surface area contributed by atoms with Crippen molar-refractivity contribution >= 4 is 0 Å². The van der Waals surface area contributed by atoms with E-state index in [1.807, 2.05) is 0 Å². The zero-order chi connectivity index (χ0) is 10.0. The predicted molar refractivity (Wildman–Crippen MR) is 54.2 cm³/mol. The topological polar surface area (TPSA) is 44.7 Å². The minimum absolute atomic E-state index is 0.0333. The van der Waals surface area contributed by atoms with Gasteiger partial charge in [0.15, 0.2) is 0 Å². The Labute approximate surface area is 85.2 Å². The molecule has 2 fully saturated rings. The minimum atomic E-state index is 0.0333. The molecule has 4 nitrogen and oxygen atoms in total. The third-order valence-corrected chi connectivity index (χ3v) is 3.33. The Morgan fingerprint density at radius 1 is 1.57 bits per heavy atom. The summed E-state index contributed by atoms with van der Waals surface area (Å²) < 4.78 is 5.20. The van der Waals surface area contributed by atoms with Crippen molar-refractivity contribution in [2.45, 2.75) is 13.0 Å². The maximum Gasteiger partial charge on any atom is 0.0579 e. The summed E-state index contributed by atoms with van der Waals surface area (Å²) in [4.78, 5) is 2.45. The van der Waals surface area contributed by atoms with Crippen molar-refractivity contribution in [1.82, 2.24) is 10.2 Å². The van der Waals surface area contributed by atoms with E-state index in [4.69, 9.17) is 4.74 Å². The number of nitrogens with one attached hydrogen (secondary N) is 1. The van der Waals surface area contributed by atoms with Crippen LogP contribution in [0.25, 0.3) is 0 Å². The van der Waals surface area contributed by atoms with E-state index in [2.05, 4.69) is 17.1 Å². The molecule has 82 valence electrons. The van der Waals surface area contributed by atoms with Crippen LogP contribution in [0.3, 0.4) is 0 Å². The van der Waals surface area contributed by atoms with E-state index < -0.39 is 0 Å². The summed E-state index contributed by atoms with van der Waals surface area (Å²) in [6.45, 7) is 8.12. The molecule has 2 rings (SSSR count). The monoisotopic (exact) mass is 200 g/mol. The molecule has 2 aliphatic heterocycles. The fourth-order valence-corrected chi connectivity index (χ4v) is 2.17. The second kappa shape index (κ2) is 4.14. The van der Waals surface area contributed by atoms with Gasteiger partial charge in [0.25, 0.3) is 0 Å². The van der Waals surface area contributed by atoms with Crippen molar-refractivity contribution in [2.75, 3.05) is 46.0 Å². The van der Waals surface area contributed by atoms with Gasteiger partial charge in [-0.2, -0.15) is 0 Å². The highest BCUT2D eigenvalue weighted by Crippen LogP contribution is 2.28. The smallest absolute Gasteiger partial charge is 0.0579 e. The van der Waals surface area contributed by atoms with E-state index in [0.717, 1.165) is 39.4 Å². The average molecular weight is 200 g/mol. The predicted octanol–water partition coefficient (Wildman–Crippen LogP) is -0.711. The summed E-state index contributed by atoms with van der Waals surface area (Å²) in [6.07, 6.45) is 0. The Morgan fingerprint density at radius 3 is 2.86 bits per heavy atom. The Bertz CT molecular complexity index is 189. The van der Waals surface area contributed by atoms with E-state index in [1.54, 1.807) is 0 Å². The maximum atomic E-state index is 9.33. The molecule has 0 saturated carbocycles. The van der Waals surface area contributed by atoms with Crippen LogP contribution in [-0.4, -0.2) is 62.0 Å². The van der Waals surface area contributed by atoms with Crippen LogP contribution in [0.4, 0.5) is 0 Å². The van der Waals surface area contributed by atoms with E-state index in [9.17, 15) is 5.11 Å². The van der Waals surface area contributed by atoms with E-state index in [0.29, 0.717) is 6.04 Å². The molecular formula is C10H20N2O2. The molecule has 0 spiro atoms. The van der Waals surface area contributed by atoms with Gasteiger partial charge in [-0.1, -0.05) is 0 Å². The Hall–Kier alpha value is -0.160. The second-order valence-electron chi connectivity index (χ2n) is 4.67. The first-order valence-electron chi connectivity index (χ1n) is 5.39. The van der Waals surface area contributed by atoms with Crippen LogP contribution < -0.4 is 5.32 Å². The molecule has 2 N–H and O–H groups in total. The molecule has 0 aromatic heterocycles. The summed E-state index contributed by atoms with van der Waals surface area (Å²) in [7, 11) is 0. The van der Waals surface area contributed by atoms with Crippen molar-refractivity contribution in [3.8, 4) is 0 Å². The Kier molecular flexibility index (Phi) is 3.07. The molecular weight excluding hydrogens is 180 g/mol. The Morgan fingerprint density at radius 2 is 2.36 bits per heavy atom. The molecule has 4 heteroatoms. The van der Waals surface area contributed by atoms with Crippen LogP contribution in [0.5, 0.6) is 0 Å². The molecule has 14 heavy (non-hydrogen) atoms. The number of aliphatic hydroxyl groups excluding tert-OH is 1. The van der Waals surface area contributed by atoms with Crippen molar-refractivity contribution in [3.05, 3.63) is 0 Å². The highest BCUT2D eigenvalue weighted by Gasteiger charge is 2.40. The maximum absolute atomic E-state index is 9.33. The number of aliphatic hydroxyl groups is 1. The number of nitrogens with zero attached hydrogens (tertiary/aromatic N) is 1. The van der Waals surface area contributed by atoms with Gasteiger partial charge in [-0.05, 0) is 6.92 Å². The standard InChI is InChI=1S/C10H20N2O2/c1-9-4-11-2-3-12(9)5-10(6-13)7-14-8-10/h9,11,13H,2-8H2,1H3. The normalized spacial score (nSPS) is 32.6. The van der Waals surface area contributed by atoms with Gasteiger partial charge in [-0.25, -0.2) is 0 Å². The van der Waals surface area contributed by atoms with Gasteiger partial charge in [-0.3, -0.25) is 4.90 Å². The summed E-state index contributed by atoms with van der Waals surface area (Å²) in [6, 6.07) is 0.577. The molecule has 1 unspecified atom stereocenters. The molecule has 0 bridgehead atoms. The summed E-state index contributed by atoms with van der Waals surface area (Å²) in [5.74, 6) is 0. The minimum Gasteiger partial charge on any atom is -0.396 e. The molecule has 2 aliphatic rings. The van der Waals surface area contributed by atoms with Crippen molar-refractivity contribution in [2.24, 2.45) is 5.41 Å².